The largest absolute Gasteiger partial charge is 0.357 e. The molecule has 1 aromatic rings. The van der Waals surface area contributed by atoms with Crippen molar-refractivity contribution in [2.45, 2.75) is 59.0 Å². The van der Waals surface area contributed by atoms with E-state index in [9.17, 15) is 0 Å². The first-order chi connectivity index (χ1) is 9.76. The van der Waals surface area contributed by atoms with Gasteiger partial charge in [0, 0.05) is 31.5 Å². The fourth-order valence-corrected chi connectivity index (χ4v) is 2.02. The average Bonchev–Trinajstić information content (AvgIpc) is 2.92. The van der Waals surface area contributed by atoms with Crippen molar-refractivity contribution in [1.29, 1.82) is 0 Å². The van der Waals surface area contributed by atoms with Crippen molar-refractivity contribution in [3.05, 3.63) is 18.7 Å². The van der Waals surface area contributed by atoms with Crippen LogP contribution in [0, 0.1) is 0 Å². The Kier molecular flexibility index (Phi) is 12.4. The Balaban J connectivity index is 0.00000400. The number of aliphatic imine (C=N–C) groups is 1. The van der Waals surface area contributed by atoms with Gasteiger partial charge >= 0.3 is 0 Å². The van der Waals surface area contributed by atoms with Gasteiger partial charge in [-0.15, -0.1) is 24.0 Å². The Morgan fingerprint density at radius 1 is 1.33 bits per heavy atom. The number of hydrogen-bond donors (Lipinski definition) is 2. The summed E-state index contributed by atoms with van der Waals surface area (Å²) in [5.74, 6) is 0.914. The minimum Gasteiger partial charge on any atom is -0.357 e. The Labute approximate surface area is 146 Å². The molecule has 0 bridgehead atoms. The second kappa shape index (κ2) is 12.9. The molecule has 0 saturated heterocycles. The van der Waals surface area contributed by atoms with Crippen molar-refractivity contribution in [2.24, 2.45) is 4.99 Å². The van der Waals surface area contributed by atoms with Crippen LogP contribution >= 0.6 is 24.0 Å². The summed E-state index contributed by atoms with van der Waals surface area (Å²) in [5.41, 5.74) is 0. The van der Waals surface area contributed by atoms with E-state index in [0.717, 1.165) is 25.6 Å². The van der Waals surface area contributed by atoms with Crippen molar-refractivity contribution in [3.8, 4) is 0 Å². The van der Waals surface area contributed by atoms with E-state index in [1.165, 1.54) is 25.7 Å². The van der Waals surface area contributed by atoms with Crippen LogP contribution in [-0.4, -0.2) is 34.6 Å². The zero-order valence-corrected chi connectivity index (χ0v) is 15.8. The van der Waals surface area contributed by atoms with Gasteiger partial charge in [-0.05, 0) is 20.3 Å². The third-order valence-electron chi connectivity index (χ3n) is 3.16. The van der Waals surface area contributed by atoms with E-state index in [-0.39, 0.29) is 24.0 Å². The molecule has 0 spiro atoms. The summed E-state index contributed by atoms with van der Waals surface area (Å²) in [5, 5.41) is 6.77. The molecule has 0 aromatic carbocycles. The number of nitrogens with zero attached hydrogens (tertiary/aromatic N) is 3. The smallest absolute Gasteiger partial charge is 0.191 e. The molecule has 1 aromatic heterocycles. The van der Waals surface area contributed by atoms with Crippen LogP contribution in [0.4, 0.5) is 0 Å². The first-order valence-electron chi connectivity index (χ1n) is 7.76. The summed E-state index contributed by atoms with van der Waals surface area (Å²) in [6, 6.07) is 0.465. The van der Waals surface area contributed by atoms with Gasteiger partial charge in [-0.2, -0.15) is 0 Å². The van der Waals surface area contributed by atoms with Crippen molar-refractivity contribution < 1.29 is 0 Å². The molecule has 6 heteroatoms. The van der Waals surface area contributed by atoms with Crippen molar-refractivity contribution in [2.75, 3.05) is 13.1 Å². The van der Waals surface area contributed by atoms with Crippen LogP contribution in [0.1, 0.15) is 46.5 Å². The molecule has 0 radical (unpaired) electrons. The Morgan fingerprint density at radius 3 is 2.76 bits per heavy atom. The van der Waals surface area contributed by atoms with Gasteiger partial charge in [-0.3, -0.25) is 4.99 Å². The van der Waals surface area contributed by atoms with E-state index in [4.69, 9.17) is 0 Å². The molecule has 122 valence electrons. The minimum absolute atomic E-state index is 0. The maximum absolute atomic E-state index is 4.60. The second-order valence-corrected chi connectivity index (χ2v) is 5.10. The van der Waals surface area contributed by atoms with Gasteiger partial charge in [0.2, 0.25) is 0 Å². The van der Waals surface area contributed by atoms with Crippen LogP contribution in [0.3, 0.4) is 0 Å². The molecular formula is C15H30IN5. The average molecular weight is 407 g/mol. The van der Waals surface area contributed by atoms with Crippen LogP contribution in [0.5, 0.6) is 0 Å². The van der Waals surface area contributed by atoms with Crippen molar-refractivity contribution >= 4 is 29.9 Å². The van der Waals surface area contributed by atoms with Gasteiger partial charge in [0.1, 0.15) is 0 Å². The van der Waals surface area contributed by atoms with Crippen LogP contribution in [0.2, 0.25) is 0 Å². The van der Waals surface area contributed by atoms with Gasteiger partial charge in [0.15, 0.2) is 5.96 Å². The lowest BCUT2D eigenvalue weighted by Gasteiger charge is -2.17. The van der Waals surface area contributed by atoms with Crippen LogP contribution < -0.4 is 10.6 Å². The van der Waals surface area contributed by atoms with E-state index >= 15 is 0 Å². The molecule has 0 fully saturated rings. The highest BCUT2D eigenvalue weighted by molar-refractivity contribution is 14.0. The molecule has 21 heavy (non-hydrogen) atoms. The number of imidazole rings is 1. The number of nitrogens with one attached hydrogen (secondary N) is 2. The number of aromatic nitrogens is 2. The topological polar surface area (TPSA) is 54.2 Å². The molecule has 1 atom stereocenters. The van der Waals surface area contributed by atoms with E-state index in [1.54, 1.807) is 6.20 Å². The van der Waals surface area contributed by atoms with E-state index in [2.05, 4.69) is 41.4 Å². The molecule has 1 unspecified atom stereocenters. The van der Waals surface area contributed by atoms with Gasteiger partial charge < -0.3 is 15.2 Å². The molecule has 0 saturated carbocycles. The maximum atomic E-state index is 4.60. The van der Waals surface area contributed by atoms with Crippen LogP contribution in [0.15, 0.2) is 23.7 Å². The number of rotatable bonds is 9. The lowest BCUT2D eigenvalue weighted by atomic mass is 10.1. The van der Waals surface area contributed by atoms with Crippen LogP contribution in [0.25, 0.3) is 0 Å². The standard InChI is InChI=1S/C15H29N5.HI/c1-4-6-7-8-14(3)19-15(17-5-2)18-10-12-20-11-9-16-13-20;/h9,11,13-14H,4-8,10,12H2,1-3H3,(H2,17,18,19);1H. The molecule has 0 aliphatic rings. The number of hydrogen-bond acceptors (Lipinski definition) is 2. The molecule has 5 nitrogen and oxygen atoms in total. The van der Waals surface area contributed by atoms with Gasteiger partial charge in [-0.1, -0.05) is 26.2 Å². The first kappa shape index (κ1) is 20.2. The predicted molar refractivity (Wildman–Crippen MR) is 100 cm³/mol. The predicted octanol–water partition coefficient (Wildman–Crippen LogP) is 3.03. The van der Waals surface area contributed by atoms with Crippen LogP contribution in [-0.2, 0) is 6.54 Å². The zero-order chi connectivity index (χ0) is 14.6. The third-order valence-corrected chi connectivity index (χ3v) is 3.16. The molecule has 2 N–H and O–H groups in total. The lowest BCUT2D eigenvalue weighted by Crippen LogP contribution is -2.42. The summed E-state index contributed by atoms with van der Waals surface area (Å²) < 4.78 is 2.04. The summed E-state index contributed by atoms with van der Waals surface area (Å²) in [4.78, 5) is 8.63. The maximum Gasteiger partial charge on any atom is 0.191 e. The monoisotopic (exact) mass is 407 g/mol. The Bertz CT molecular complexity index is 364. The van der Waals surface area contributed by atoms with Gasteiger partial charge in [-0.25, -0.2) is 4.98 Å². The molecule has 0 aliphatic heterocycles. The molecule has 0 aliphatic carbocycles. The zero-order valence-electron chi connectivity index (χ0n) is 13.5. The molecule has 1 heterocycles. The lowest BCUT2D eigenvalue weighted by molar-refractivity contribution is 0.546. The Hall–Kier alpha value is -0.790. The first-order valence-corrected chi connectivity index (χ1v) is 7.76. The minimum atomic E-state index is 0. The summed E-state index contributed by atoms with van der Waals surface area (Å²) in [6.07, 6.45) is 10.6. The van der Waals surface area contributed by atoms with E-state index in [1.807, 2.05) is 17.1 Å². The van der Waals surface area contributed by atoms with Gasteiger partial charge in [0.05, 0.1) is 12.9 Å². The fourth-order valence-electron chi connectivity index (χ4n) is 2.02. The highest BCUT2D eigenvalue weighted by Gasteiger charge is 2.04. The Morgan fingerprint density at radius 2 is 2.14 bits per heavy atom. The van der Waals surface area contributed by atoms with Crippen molar-refractivity contribution in [3.63, 3.8) is 0 Å². The molecular weight excluding hydrogens is 377 g/mol. The number of halogens is 1. The number of unbranched alkanes of at least 4 members (excludes halogenated alkanes) is 2. The van der Waals surface area contributed by atoms with E-state index in [0.29, 0.717) is 6.04 Å². The number of guanidine groups is 1. The molecule has 0 amide bonds. The quantitative estimate of drug-likeness (QED) is 0.286. The highest BCUT2D eigenvalue weighted by atomic mass is 127. The summed E-state index contributed by atoms with van der Waals surface area (Å²) in [6.45, 7) is 9.06. The highest BCUT2D eigenvalue weighted by Crippen LogP contribution is 2.02. The second-order valence-electron chi connectivity index (χ2n) is 5.10. The normalized spacial score (nSPS) is 12.6. The van der Waals surface area contributed by atoms with Gasteiger partial charge in [0.25, 0.3) is 0 Å². The summed E-state index contributed by atoms with van der Waals surface area (Å²) in [7, 11) is 0. The third kappa shape index (κ3) is 9.71. The SMILES string of the molecule is CCCCCC(C)NC(=NCCn1ccnc1)NCC.I. The fraction of sp³-hybridized carbons (Fsp3) is 0.733. The van der Waals surface area contributed by atoms with E-state index < -0.39 is 0 Å². The van der Waals surface area contributed by atoms with Crippen molar-refractivity contribution in [1.82, 2.24) is 20.2 Å². The molecule has 1 rings (SSSR count). The summed E-state index contributed by atoms with van der Waals surface area (Å²) >= 11 is 0.